The van der Waals surface area contributed by atoms with Crippen LogP contribution in [0.25, 0.3) is 0 Å². The molecule has 0 unspecified atom stereocenters. The first-order valence-electron chi connectivity index (χ1n) is 6.89. The van der Waals surface area contributed by atoms with E-state index in [1.807, 2.05) is 12.1 Å². The highest BCUT2D eigenvalue weighted by Crippen LogP contribution is 2.23. The third-order valence-corrected chi connectivity index (χ3v) is 3.19. The highest BCUT2D eigenvalue weighted by Gasteiger charge is 2.13. The van der Waals surface area contributed by atoms with E-state index in [0.29, 0.717) is 5.69 Å². The molecule has 0 saturated carbocycles. The highest BCUT2D eigenvalue weighted by molar-refractivity contribution is 5.99. The summed E-state index contributed by atoms with van der Waals surface area (Å²) in [7, 11) is 0. The Hall–Kier alpha value is -2.43. The molecule has 22 heavy (non-hydrogen) atoms. The lowest BCUT2D eigenvalue weighted by Gasteiger charge is -2.19. The normalized spacial score (nSPS) is 11.1. The number of rotatable bonds is 2. The van der Waals surface area contributed by atoms with Gasteiger partial charge in [0.15, 0.2) is 11.6 Å². The molecule has 0 aromatic heterocycles. The van der Waals surface area contributed by atoms with Gasteiger partial charge in [0, 0.05) is 17.4 Å². The van der Waals surface area contributed by atoms with Crippen LogP contribution in [0.15, 0.2) is 42.5 Å². The maximum absolute atomic E-state index is 13.1. The minimum atomic E-state index is -1.01. The molecule has 2 aromatic carbocycles. The number of carbonyl (C=O) groups is 1. The van der Waals surface area contributed by atoms with Crippen molar-refractivity contribution >= 4 is 17.4 Å². The monoisotopic (exact) mass is 304 g/mol. The fraction of sp³-hybridized carbons (Fsp3) is 0.235. The van der Waals surface area contributed by atoms with Crippen molar-refractivity contribution in [2.45, 2.75) is 26.2 Å². The first kappa shape index (κ1) is 15.9. The summed E-state index contributed by atoms with van der Waals surface area (Å²) in [4.78, 5) is 11.8. The second-order valence-corrected chi connectivity index (χ2v) is 6.04. The van der Waals surface area contributed by atoms with Gasteiger partial charge in [0.2, 0.25) is 0 Å². The van der Waals surface area contributed by atoms with Gasteiger partial charge in [-0.2, -0.15) is 0 Å². The minimum absolute atomic E-state index is 0.0342. The van der Waals surface area contributed by atoms with Crippen LogP contribution in [0.2, 0.25) is 0 Å². The Bertz CT molecular complexity index is 676. The summed E-state index contributed by atoms with van der Waals surface area (Å²) in [5.74, 6) is -1.96. The molecule has 116 valence electrons. The summed E-state index contributed by atoms with van der Waals surface area (Å²) in [6.07, 6.45) is 0. The molecule has 0 fully saturated rings. The van der Waals surface area contributed by atoms with E-state index >= 15 is 0 Å². The predicted molar refractivity (Wildman–Crippen MR) is 84.1 cm³/mol. The van der Waals surface area contributed by atoms with Crippen molar-refractivity contribution < 1.29 is 13.6 Å². The lowest BCUT2D eigenvalue weighted by Crippen LogP contribution is -2.19. The Morgan fingerprint density at radius 2 is 1.41 bits per heavy atom. The molecule has 3 nitrogen and oxygen atoms in total. The number of hydrogen-bond acceptors (Lipinski definition) is 1. The van der Waals surface area contributed by atoms with E-state index in [9.17, 15) is 13.6 Å². The fourth-order valence-corrected chi connectivity index (χ4v) is 1.92. The molecule has 0 aliphatic rings. The average molecular weight is 304 g/mol. The zero-order valence-corrected chi connectivity index (χ0v) is 12.7. The van der Waals surface area contributed by atoms with Gasteiger partial charge in [-0.3, -0.25) is 0 Å². The number of amides is 2. The van der Waals surface area contributed by atoms with Crippen molar-refractivity contribution in [3.8, 4) is 0 Å². The Balaban J connectivity index is 2.01. The number of carbonyl (C=O) groups excluding carboxylic acids is 1. The van der Waals surface area contributed by atoms with E-state index in [0.717, 1.165) is 17.7 Å². The van der Waals surface area contributed by atoms with Gasteiger partial charge in [-0.15, -0.1) is 0 Å². The van der Waals surface area contributed by atoms with Crippen LogP contribution < -0.4 is 10.6 Å². The first-order chi connectivity index (χ1) is 10.3. The average Bonchev–Trinajstić information content (AvgIpc) is 2.42. The van der Waals surface area contributed by atoms with Gasteiger partial charge in [0.1, 0.15) is 0 Å². The Morgan fingerprint density at radius 1 is 0.864 bits per heavy atom. The molecule has 0 spiro atoms. The summed E-state index contributed by atoms with van der Waals surface area (Å²) in [6.45, 7) is 6.31. The van der Waals surface area contributed by atoms with Gasteiger partial charge < -0.3 is 10.6 Å². The molecule has 2 rings (SSSR count). The van der Waals surface area contributed by atoms with Crippen LogP contribution in [-0.4, -0.2) is 6.03 Å². The van der Waals surface area contributed by atoms with Crippen LogP contribution in [0.4, 0.5) is 25.0 Å². The Labute approximate surface area is 128 Å². The predicted octanol–water partition coefficient (Wildman–Crippen LogP) is 4.91. The van der Waals surface area contributed by atoms with Gasteiger partial charge in [-0.25, -0.2) is 13.6 Å². The topological polar surface area (TPSA) is 41.1 Å². The van der Waals surface area contributed by atoms with Crippen LogP contribution in [0, 0.1) is 11.6 Å². The van der Waals surface area contributed by atoms with E-state index < -0.39 is 17.7 Å². The lowest BCUT2D eigenvalue weighted by atomic mass is 9.87. The molecular weight excluding hydrogens is 286 g/mol. The number of halogens is 2. The molecule has 0 bridgehead atoms. The Kier molecular flexibility index (Phi) is 4.45. The lowest BCUT2D eigenvalue weighted by molar-refractivity contribution is 0.262. The zero-order chi connectivity index (χ0) is 16.3. The molecule has 2 aromatic rings. The van der Waals surface area contributed by atoms with Crippen LogP contribution in [0.5, 0.6) is 0 Å². The van der Waals surface area contributed by atoms with Crippen molar-refractivity contribution in [1.29, 1.82) is 0 Å². The second kappa shape index (κ2) is 6.13. The van der Waals surface area contributed by atoms with Gasteiger partial charge >= 0.3 is 6.03 Å². The first-order valence-corrected chi connectivity index (χ1v) is 6.89. The molecule has 2 amide bonds. The molecule has 5 heteroatoms. The SMILES string of the molecule is CC(C)(C)c1ccc(NC(=O)Nc2ccc(F)c(F)c2)cc1. The number of nitrogens with one attached hydrogen (secondary N) is 2. The molecule has 0 atom stereocenters. The van der Waals surface area contributed by atoms with Crippen molar-refractivity contribution in [2.75, 3.05) is 10.6 Å². The van der Waals surface area contributed by atoms with E-state index in [-0.39, 0.29) is 11.1 Å². The van der Waals surface area contributed by atoms with Gasteiger partial charge in [-0.05, 0) is 35.2 Å². The van der Waals surface area contributed by atoms with Gasteiger partial charge in [-0.1, -0.05) is 32.9 Å². The summed E-state index contributed by atoms with van der Waals surface area (Å²) >= 11 is 0. The summed E-state index contributed by atoms with van der Waals surface area (Å²) < 4.78 is 25.9. The zero-order valence-electron chi connectivity index (χ0n) is 12.7. The molecule has 2 N–H and O–H groups in total. The number of benzene rings is 2. The molecular formula is C17H18F2N2O. The summed E-state index contributed by atoms with van der Waals surface area (Å²) in [5, 5.41) is 5.08. The summed E-state index contributed by atoms with van der Waals surface area (Å²) in [5.41, 5.74) is 1.99. The molecule has 0 aliphatic heterocycles. The van der Waals surface area contributed by atoms with Crippen LogP contribution >= 0.6 is 0 Å². The molecule has 0 heterocycles. The minimum Gasteiger partial charge on any atom is -0.308 e. The third-order valence-electron chi connectivity index (χ3n) is 3.19. The smallest absolute Gasteiger partial charge is 0.308 e. The van der Waals surface area contributed by atoms with E-state index in [2.05, 4.69) is 31.4 Å². The van der Waals surface area contributed by atoms with Crippen molar-refractivity contribution in [1.82, 2.24) is 0 Å². The highest BCUT2D eigenvalue weighted by atomic mass is 19.2. The Morgan fingerprint density at radius 3 is 1.95 bits per heavy atom. The van der Waals surface area contributed by atoms with Gasteiger partial charge in [0.25, 0.3) is 0 Å². The maximum atomic E-state index is 13.1. The van der Waals surface area contributed by atoms with Crippen molar-refractivity contribution in [3.05, 3.63) is 59.7 Å². The van der Waals surface area contributed by atoms with Crippen molar-refractivity contribution in [2.24, 2.45) is 0 Å². The number of urea groups is 1. The van der Waals surface area contributed by atoms with Crippen LogP contribution in [0.3, 0.4) is 0 Å². The maximum Gasteiger partial charge on any atom is 0.323 e. The van der Waals surface area contributed by atoms with Crippen molar-refractivity contribution in [3.63, 3.8) is 0 Å². The third kappa shape index (κ3) is 4.04. The van der Waals surface area contributed by atoms with Crippen LogP contribution in [-0.2, 0) is 5.41 Å². The number of hydrogen-bond donors (Lipinski definition) is 2. The molecule has 0 radical (unpaired) electrons. The number of anilines is 2. The quantitative estimate of drug-likeness (QED) is 0.813. The van der Waals surface area contributed by atoms with Crippen LogP contribution in [0.1, 0.15) is 26.3 Å². The van der Waals surface area contributed by atoms with E-state index in [4.69, 9.17) is 0 Å². The molecule has 0 aliphatic carbocycles. The largest absolute Gasteiger partial charge is 0.323 e. The van der Waals surface area contributed by atoms with E-state index in [1.165, 1.54) is 6.07 Å². The van der Waals surface area contributed by atoms with E-state index in [1.54, 1.807) is 12.1 Å². The summed E-state index contributed by atoms with van der Waals surface area (Å²) in [6, 6.07) is 10.1. The standard InChI is InChI=1S/C17H18F2N2O/c1-17(2,3)11-4-6-12(7-5-11)20-16(22)21-13-8-9-14(18)15(19)10-13/h4-10H,1-3H3,(H2,20,21,22). The second-order valence-electron chi connectivity index (χ2n) is 6.04. The fourth-order valence-electron chi connectivity index (χ4n) is 1.92. The van der Waals surface area contributed by atoms with Gasteiger partial charge in [0.05, 0.1) is 0 Å². The molecule has 0 saturated heterocycles.